The van der Waals surface area contributed by atoms with Crippen LogP contribution in [0, 0.1) is 12.8 Å². The van der Waals surface area contributed by atoms with Gasteiger partial charge in [-0.1, -0.05) is 29.5 Å². The Morgan fingerprint density at radius 3 is 2.61 bits per heavy atom. The van der Waals surface area contributed by atoms with Crippen LogP contribution in [0.5, 0.6) is 0 Å². The zero-order valence-electron chi connectivity index (χ0n) is 17.6. The largest absolute Gasteiger partial charge is 0.368 e. The van der Waals surface area contributed by atoms with Crippen molar-refractivity contribution in [3.63, 3.8) is 0 Å². The van der Waals surface area contributed by atoms with Crippen LogP contribution in [0.25, 0.3) is 4.96 Å². The predicted octanol–water partition coefficient (Wildman–Crippen LogP) is 2.02. The van der Waals surface area contributed by atoms with Crippen LogP contribution in [0.4, 0.5) is 10.8 Å². The van der Waals surface area contributed by atoms with E-state index in [9.17, 15) is 9.59 Å². The quantitative estimate of drug-likeness (QED) is 0.623. The molecule has 0 bridgehead atoms. The smallest absolute Gasteiger partial charge is 0.275 e. The van der Waals surface area contributed by atoms with E-state index < -0.39 is 0 Å². The summed E-state index contributed by atoms with van der Waals surface area (Å²) in [6.07, 6.45) is 1.84. The molecule has 1 amide bonds. The summed E-state index contributed by atoms with van der Waals surface area (Å²) in [6, 6.07) is 11.9. The third kappa shape index (κ3) is 4.01. The van der Waals surface area contributed by atoms with Gasteiger partial charge in [0.05, 0.1) is 5.92 Å². The predicted molar refractivity (Wildman–Crippen MR) is 122 cm³/mol. The van der Waals surface area contributed by atoms with Crippen LogP contribution in [0.1, 0.15) is 18.5 Å². The van der Waals surface area contributed by atoms with Crippen molar-refractivity contribution in [1.29, 1.82) is 0 Å². The van der Waals surface area contributed by atoms with Crippen molar-refractivity contribution in [3.05, 3.63) is 52.4 Å². The molecule has 2 aliphatic heterocycles. The van der Waals surface area contributed by atoms with Crippen LogP contribution >= 0.6 is 11.3 Å². The fourth-order valence-electron chi connectivity index (χ4n) is 4.47. The van der Waals surface area contributed by atoms with Crippen LogP contribution in [-0.4, -0.2) is 64.7 Å². The average molecular weight is 439 g/mol. The van der Waals surface area contributed by atoms with Crippen LogP contribution in [0.2, 0.25) is 0 Å². The molecule has 2 saturated heterocycles. The molecule has 2 aromatic heterocycles. The van der Waals surface area contributed by atoms with Crippen LogP contribution in [0.15, 0.2) is 41.2 Å². The summed E-state index contributed by atoms with van der Waals surface area (Å²) < 4.78 is 1.36. The van der Waals surface area contributed by atoms with Crippen molar-refractivity contribution in [3.8, 4) is 0 Å². The second-order valence-electron chi connectivity index (χ2n) is 8.25. The second kappa shape index (κ2) is 8.30. The van der Waals surface area contributed by atoms with E-state index in [1.165, 1.54) is 27.6 Å². The first-order chi connectivity index (χ1) is 15.1. The highest BCUT2D eigenvalue weighted by molar-refractivity contribution is 7.20. The van der Waals surface area contributed by atoms with Gasteiger partial charge < -0.3 is 14.7 Å². The van der Waals surface area contributed by atoms with Gasteiger partial charge in [0.15, 0.2) is 0 Å². The van der Waals surface area contributed by atoms with Gasteiger partial charge in [0.25, 0.3) is 5.56 Å². The first-order valence-electron chi connectivity index (χ1n) is 10.8. The lowest BCUT2D eigenvalue weighted by Gasteiger charge is -2.39. The minimum absolute atomic E-state index is 0.0320. The molecule has 1 atom stereocenters. The molecular weight excluding hydrogens is 412 g/mol. The molecule has 31 heavy (non-hydrogen) atoms. The van der Waals surface area contributed by atoms with Crippen LogP contribution < -0.4 is 15.4 Å². The molecule has 8 nitrogen and oxygen atoms in total. The number of piperazine rings is 1. The van der Waals surface area contributed by atoms with E-state index >= 15 is 0 Å². The van der Waals surface area contributed by atoms with Gasteiger partial charge in [0.1, 0.15) is 0 Å². The number of aromatic nitrogens is 3. The van der Waals surface area contributed by atoms with Gasteiger partial charge in [0.2, 0.25) is 16.0 Å². The van der Waals surface area contributed by atoms with E-state index in [4.69, 9.17) is 0 Å². The molecular formula is C22H26N6O2S. The van der Waals surface area contributed by atoms with Crippen molar-refractivity contribution >= 4 is 33.0 Å². The van der Waals surface area contributed by atoms with Gasteiger partial charge in [-0.15, -0.1) is 5.10 Å². The molecule has 0 spiro atoms. The standard InChI is InChI=1S/C22H26N6O2S/c1-16-14-19(29)28-21(23-16)31-22(24-28)27-9-5-6-17(15-27)20(30)26-12-10-25(11-13-26)18-7-3-2-4-8-18/h2-4,7-8,14,17H,5-6,9-13,15H2,1H3/t17-/m0/s1. The zero-order valence-corrected chi connectivity index (χ0v) is 18.4. The first kappa shape index (κ1) is 20.0. The van der Waals surface area contributed by atoms with Crippen molar-refractivity contribution in [1.82, 2.24) is 19.5 Å². The summed E-state index contributed by atoms with van der Waals surface area (Å²) in [5, 5.41) is 5.25. The maximum Gasteiger partial charge on any atom is 0.275 e. The molecule has 2 fully saturated rings. The molecule has 0 saturated carbocycles. The molecule has 1 aromatic carbocycles. The molecule has 4 heterocycles. The first-order valence-corrected chi connectivity index (χ1v) is 11.6. The lowest BCUT2D eigenvalue weighted by molar-refractivity contribution is -0.136. The molecule has 5 rings (SSSR count). The normalized spacial score (nSPS) is 19.8. The molecule has 0 N–H and O–H groups in total. The molecule has 0 unspecified atom stereocenters. The van der Waals surface area contributed by atoms with Crippen LogP contribution in [0.3, 0.4) is 0 Å². The van der Waals surface area contributed by atoms with Gasteiger partial charge in [-0.25, -0.2) is 4.98 Å². The summed E-state index contributed by atoms with van der Waals surface area (Å²) >= 11 is 1.41. The van der Waals surface area contributed by atoms with Crippen LogP contribution in [-0.2, 0) is 4.79 Å². The van der Waals surface area contributed by atoms with Gasteiger partial charge in [0, 0.05) is 56.7 Å². The molecule has 2 aliphatic rings. The third-order valence-electron chi connectivity index (χ3n) is 6.12. The SMILES string of the molecule is Cc1cc(=O)n2nc(N3CCC[C@H](C(=O)N4CCN(c5ccccc5)CC4)C3)sc2n1. The minimum atomic E-state index is -0.161. The van der Waals surface area contributed by atoms with Crippen molar-refractivity contribution < 1.29 is 4.79 Å². The van der Waals surface area contributed by atoms with E-state index in [2.05, 4.69) is 44.1 Å². The Morgan fingerprint density at radius 2 is 1.84 bits per heavy atom. The number of nitrogens with zero attached hydrogens (tertiary/aromatic N) is 6. The Morgan fingerprint density at radius 1 is 1.06 bits per heavy atom. The monoisotopic (exact) mass is 438 g/mol. The number of rotatable bonds is 3. The highest BCUT2D eigenvalue weighted by Crippen LogP contribution is 2.28. The number of amides is 1. The maximum atomic E-state index is 13.2. The molecule has 0 aliphatic carbocycles. The van der Waals surface area contributed by atoms with Crippen molar-refractivity contribution in [2.75, 3.05) is 49.1 Å². The minimum Gasteiger partial charge on any atom is -0.368 e. The number of fused-ring (bicyclic) bond motifs is 1. The van der Waals surface area contributed by atoms with Gasteiger partial charge in [-0.3, -0.25) is 9.59 Å². The Labute approximate surface area is 184 Å². The number of aryl methyl sites for hydroxylation is 1. The fourth-order valence-corrected chi connectivity index (χ4v) is 5.46. The lowest BCUT2D eigenvalue weighted by atomic mass is 9.96. The van der Waals surface area contributed by atoms with E-state index in [1.54, 1.807) is 0 Å². The number of anilines is 2. The van der Waals surface area contributed by atoms with E-state index in [-0.39, 0.29) is 17.4 Å². The molecule has 9 heteroatoms. The van der Waals surface area contributed by atoms with E-state index in [1.807, 2.05) is 17.9 Å². The van der Waals surface area contributed by atoms with Crippen molar-refractivity contribution in [2.45, 2.75) is 19.8 Å². The number of hydrogen-bond donors (Lipinski definition) is 0. The van der Waals surface area contributed by atoms with Crippen molar-refractivity contribution in [2.24, 2.45) is 5.92 Å². The highest BCUT2D eigenvalue weighted by atomic mass is 32.1. The number of para-hydroxylation sites is 1. The number of piperidine rings is 1. The van der Waals surface area contributed by atoms with Gasteiger partial charge in [-0.2, -0.15) is 4.52 Å². The number of benzene rings is 1. The Hall–Kier alpha value is -2.94. The summed E-state index contributed by atoms with van der Waals surface area (Å²) in [6.45, 7) is 6.53. The topological polar surface area (TPSA) is 74.1 Å². The summed E-state index contributed by atoms with van der Waals surface area (Å²) in [5.41, 5.74) is 1.75. The maximum absolute atomic E-state index is 13.2. The third-order valence-corrected chi connectivity index (χ3v) is 7.09. The number of carbonyl (C=O) groups is 1. The number of hydrogen-bond acceptors (Lipinski definition) is 7. The summed E-state index contributed by atoms with van der Waals surface area (Å²) in [7, 11) is 0. The molecule has 0 radical (unpaired) electrons. The lowest BCUT2D eigenvalue weighted by Crippen LogP contribution is -2.52. The Bertz CT molecular complexity index is 1140. The average Bonchev–Trinajstić information content (AvgIpc) is 3.24. The van der Waals surface area contributed by atoms with Gasteiger partial charge >= 0.3 is 0 Å². The zero-order chi connectivity index (χ0) is 21.4. The second-order valence-corrected chi connectivity index (χ2v) is 9.18. The Balaban J connectivity index is 1.25. The van der Waals surface area contributed by atoms with Gasteiger partial charge in [-0.05, 0) is 31.9 Å². The Kier molecular flexibility index (Phi) is 5.35. The molecule has 162 valence electrons. The van der Waals surface area contributed by atoms with E-state index in [0.717, 1.165) is 50.7 Å². The molecule has 3 aromatic rings. The highest BCUT2D eigenvalue weighted by Gasteiger charge is 2.32. The summed E-state index contributed by atoms with van der Waals surface area (Å²) in [5.74, 6) is 0.208. The van der Waals surface area contributed by atoms with E-state index in [0.29, 0.717) is 17.2 Å². The summed E-state index contributed by atoms with van der Waals surface area (Å²) in [4.78, 5) is 36.9. The fraction of sp³-hybridized carbons (Fsp3) is 0.455. The number of carbonyl (C=O) groups excluding carboxylic acids is 1.